The Morgan fingerprint density at radius 3 is 3.05 bits per heavy atom. The van der Waals surface area contributed by atoms with E-state index in [2.05, 4.69) is 10.3 Å². The molecule has 0 bridgehead atoms. The number of aromatic nitrogens is 1. The Balaban J connectivity index is 1.73. The van der Waals surface area contributed by atoms with E-state index < -0.39 is 0 Å². The molecule has 1 aliphatic heterocycles. The number of ether oxygens (including phenoxy) is 1. The monoisotopic (exact) mass is 262 g/mol. The van der Waals surface area contributed by atoms with E-state index in [9.17, 15) is 4.79 Å². The molecule has 0 unspecified atom stereocenters. The zero-order chi connectivity index (χ0) is 13.2. The first-order chi connectivity index (χ1) is 9.22. The van der Waals surface area contributed by atoms with Crippen LogP contribution >= 0.6 is 0 Å². The molecule has 1 saturated heterocycles. The summed E-state index contributed by atoms with van der Waals surface area (Å²) in [7, 11) is 0. The Hall–Kier alpha value is -1.98. The van der Waals surface area contributed by atoms with Gasteiger partial charge in [-0.1, -0.05) is 0 Å². The molecular formula is C13H18N4O2. The molecule has 1 saturated carbocycles. The van der Waals surface area contributed by atoms with Gasteiger partial charge in [-0.25, -0.2) is 0 Å². The Labute approximate surface area is 111 Å². The highest BCUT2D eigenvalue weighted by atomic mass is 16.5. The second-order valence-electron chi connectivity index (χ2n) is 5.09. The summed E-state index contributed by atoms with van der Waals surface area (Å²) in [6, 6.07) is 3.62. The highest BCUT2D eigenvalue weighted by Crippen LogP contribution is 2.31. The summed E-state index contributed by atoms with van der Waals surface area (Å²) in [6.07, 6.45) is 2.46. The Bertz CT molecular complexity index is 488. The summed E-state index contributed by atoms with van der Waals surface area (Å²) >= 11 is 0. The largest absolute Gasteiger partial charge is 0.476 e. The average molecular weight is 262 g/mol. The van der Waals surface area contributed by atoms with Crippen molar-refractivity contribution in [3.8, 4) is 5.88 Å². The fraction of sp³-hybridized carbons (Fsp3) is 0.538. The lowest BCUT2D eigenvalue weighted by Crippen LogP contribution is -2.48. The fourth-order valence-corrected chi connectivity index (χ4v) is 2.05. The molecule has 102 valence electrons. The van der Waals surface area contributed by atoms with E-state index in [0.29, 0.717) is 37.2 Å². The van der Waals surface area contributed by atoms with E-state index >= 15 is 0 Å². The van der Waals surface area contributed by atoms with Crippen LogP contribution in [0.5, 0.6) is 5.88 Å². The molecule has 1 amide bonds. The van der Waals surface area contributed by atoms with Crippen molar-refractivity contribution in [3.63, 3.8) is 0 Å². The first-order valence-electron chi connectivity index (χ1n) is 6.63. The van der Waals surface area contributed by atoms with Gasteiger partial charge in [-0.2, -0.15) is 4.98 Å². The van der Waals surface area contributed by atoms with Gasteiger partial charge in [0.15, 0.2) is 0 Å². The maximum Gasteiger partial charge on any atom is 0.239 e. The normalized spacial score (nSPS) is 19.2. The van der Waals surface area contributed by atoms with Crippen LogP contribution in [0.3, 0.4) is 0 Å². The Kier molecular flexibility index (Phi) is 3.15. The molecule has 2 fully saturated rings. The third kappa shape index (κ3) is 2.89. The van der Waals surface area contributed by atoms with Crippen molar-refractivity contribution in [3.05, 3.63) is 12.1 Å². The predicted molar refractivity (Wildman–Crippen MR) is 72.1 cm³/mol. The molecule has 6 nitrogen and oxygen atoms in total. The summed E-state index contributed by atoms with van der Waals surface area (Å²) in [5, 5.41) is 2.79. The van der Waals surface area contributed by atoms with Crippen LogP contribution in [0.25, 0.3) is 0 Å². The van der Waals surface area contributed by atoms with Gasteiger partial charge in [-0.15, -0.1) is 0 Å². The average Bonchev–Trinajstić information content (AvgIpc) is 3.22. The van der Waals surface area contributed by atoms with Gasteiger partial charge in [0.05, 0.1) is 18.8 Å². The molecule has 2 heterocycles. The number of hydrogen-bond acceptors (Lipinski definition) is 5. The predicted octanol–water partition coefficient (Wildman–Crippen LogP) is 0.389. The number of carbonyl (C=O) groups excluding carboxylic acids is 1. The van der Waals surface area contributed by atoms with E-state index in [1.165, 1.54) is 12.8 Å². The van der Waals surface area contributed by atoms with Crippen LogP contribution in [0.15, 0.2) is 12.1 Å². The lowest BCUT2D eigenvalue weighted by Gasteiger charge is -2.27. The van der Waals surface area contributed by atoms with Crippen LogP contribution in [0.2, 0.25) is 0 Å². The number of pyridine rings is 1. The minimum absolute atomic E-state index is 0.0188. The van der Waals surface area contributed by atoms with Crippen molar-refractivity contribution in [2.45, 2.75) is 12.8 Å². The van der Waals surface area contributed by atoms with Gasteiger partial charge in [0, 0.05) is 13.1 Å². The lowest BCUT2D eigenvalue weighted by molar-refractivity contribution is -0.120. The SMILES string of the molecule is Nc1ccc(N2CCNC(=O)C2)nc1OCC1CC1. The van der Waals surface area contributed by atoms with E-state index in [4.69, 9.17) is 10.5 Å². The zero-order valence-corrected chi connectivity index (χ0v) is 10.8. The molecule has 0 atom stereocenters. The van der Waals surface area contributed by atoms with Gasteiger partial charge < -0.3 is 20.7 Å². The number of piperazine rings is 1. The molecule has 1 aromatic rings. The second kappa shape index (κ2) is 4.95. The number of carbonyl (C=O) groups is 1. The van der Waals surface area contributed by atoms with Gasteiger partial charge in [0.2, 0.25) is 11.8 Å². The lowest BCUT2D eigenvalue weighted by atomic mass is 10.3. The van der Waals surface area contributed by atoms with E-state index in [1.807, 2.05) is 11.0 Å². The first-order valence-corrected chi connectivity index (χ1v) is 6.63. The number of nitrogens with zero attached hydrogens (tertiary/aromatic N) is 2. The van der Waals surface area contributed by atoms with Crippen molar-refractivity contribution in [1.82, 2.24) is 10.3 Å². The fourth-order valence-electron chi connectivity index (χ4n) is 2.05. The molecule has 3 N–H and O–H groups in total. The van der Waals surface area contributed by atoms with Crippen molar-refractivity contribution in [1.29, 1.82) is 0 Å². The number of nitrogens with two attached hydrogens (primary N) is 1. The van der Waals surface area contributed by atoms with Crippen LogP contribution in [0.4, 0.5) is 11.5 Å². The number of anilines is 2. The smallest absolute Gasteiger partial charge is 0.239 e. The molecule has 6 heteroatoms. The molecular weight excluding hydrogens is 244 g/mol. The number of amides is 1. The number of nitrogens with one attached hydrogen (secondary N) is 1. The van der Waals surface area contributed by atoms with Gasteiger partial charge >= 0.3 is 0 Å². The molecule has 1 aliphatic carbocycles. The first kappa shape index (κ1) is 12.1. The van der Waals surface area contributed by atoms with Crippen LogP contribution in [-0.2, 0) is 4.79 Å². The van der Waals surface area contributed by atoms with Gasteiger partial charge in [-0.3, -0.25) is 4.79 Å². The van der Waals surface area contributed by atoms with Crippen LogP contribution in [0.1, 0.15) is 12.8 Å². The maximum absolute atomic E-state index is 11.4. The van der Waals surface area contributed by atoms with Crippen molar-refractivity contribution < 1.29 is 9.53 Å². The second-order valence-corrected chi connectivity index (χ2v) is 5.09. The highest BCUT2D eigenvalue weighted by Gasteiger charge is 2.23. The molecule has 0 spiro atoms. The van der Waals surface area contributed by atoms with E-state index in [-0.39, 0.29) is 5.91 Å². The summed E-state index contributed by atoms with van der Waals surface area (Å²) in [5.74, 6) is 1.90. The van der Waals surface area contributed by atoms with Crippen LogP contribution < -0.4 is 20.7 Å². The van der Waals surface area contributed by atoms with Crippen molar-refractivity contribution in [2.24, 2.45) is 5.92 Å². The minimum Gasteiger partial charge on any atom is -0.476 e. The van der Waals surface area contributed by atoms with Gasteiger partial charge in [0.1, 0.15) is 5.82 Å². The molecule has 3 rings (SSSR count). The molecule has 0 aromatic carbocycles. The van der Waals surface area contributed by atoms with Crippen LogP contribution in [0, 0.1) is 5.92 Å². The molecule has 0 radical (unpaired) electrons. The highest BCUT2D eigenvalue weighted by molar-refractivity contribution is 5.82. The quantitative estimate of drug-likeness (QED) is 0.820. The standard InChI is InChI=1S/C13H18N4O2/c14-10-3-4-11(17-6-5-15-12(18)7-17)16-13(10)19-8-9-1-2-9/h3-4,9H,1-2,5-8,14H2,(H,15,18). The third-order valence-corrected chi connectivity index (χ3v) is 3.39. The number of hydrogen-bond donors (Lipinski definition) is 2. The number of nitrogen functional groups attached to an aromatic ring is 1. The summed E-state index contributed by atoms with van der Waals surface area (Å²) < 4.78 is 5.66. The minimum atomic E-state index is 0.0188. The molecule has 2 aliphatic rings. The maximum atomic E-state index is 11.4. The topological polar surface area (TPSA) is 80.5 Å². The van der Waals surface area contributed by atoms with Crippen LogP contribution in [-0.4, -0.2) is 37.1 Å². The van der Waals surface area contributed by atoms with E-state index in [0.717, 1.165) is 12.4 Å². The van der Waals surface area contributed by atoms with E-state index in [1.54, 1.807) is 6.07 Å². The van der Waals surface area contributed by atoms with Crippen molar-refractivity contribution in [2.75, 3.05) is 36.9 Å². The molecule has 1 aromatic heterocycles. The van der Waals surface area contributed by atoms with Crippen molar-refractivity contribution >= 4 is 17.4 Å². The summed E-state index contributed by atoms with van der Waals surface area (Å²) in [5.41, 5.74) is 6.41. The zero-order valence-electron chi connectivity index (χ0n) is 10.8. The van der Waals surface area contributed by atoms with Gasteiger partial charge in [0.25, 0.3) is 0 Å². The summed E-state index contributed by atoms with van der Waals surface area (Å²) in [4.78, 5) is 17.7. The Morgan fingerprint density at radius 2 is 2.32 bits per heavy atom. The third-order valence-electron chi connectivity index (χ3n) is 3.39. The molecule has 19 heavy (non-hydrogen) atoms. The Morgan fingerprint density at radius 1 is 1.47 bits per heavy atom. The van der Waals surface area contributed by atoms with Gasteiger partial charge in [-0.05, 0) is 30.9 Å². The summed E-state index contributed by atoms with van der Waals surface area (Å²) in [6.45, 7) is 2.41. The number of rotatable bonds is 4.